The van der Waals surface area contributed by atoms with Crippen molar-refractivity contribution >= 4 is 9.84 Å². The van der Waals surface area contributed by atoms with Gasteiger partial charge in [0, 0.05) is 6.57 Å². The van der Waals surface area contributed by atoms with E-state index in [1.165, 1.54) is 0 Å². The quantitative estimate of drug-likeness (QED) is 0.817. The highest BCUT2D eigenvalue weighted by Crippen LogP contribution is 2.19. The van der Waals surface area contributed by atoms with Crippen LogP contribution in [0.3, 0.4) is 0 Å². The molecule has 0 N–H and O–H groups in total. The van der Waals surface area contributed by atoms with Gasteiger partial charge in [-0.1, -0.05) is 36.4 Å². The minimum absolute atomic E-state index is 0.330. The van der Waals surface area contributed by atoms with Crippen molar-refractivity contribution in [2.24, 2.45) is 0 Å². The Labute approximate surface area is 101 Å². The summed E-state index contributed by atoms with van der Waals surface area (Å²) in [7, 11) is -3.34. The first-order valence-corrected chi connectivity index (χ1v) is 6.30. The predicted octanol–water partition coefficient (Wildman–Crippen LogP) is 2.66. The van der Waals surface area contributed by atoms with Gasteiger partial charge in [0.15, 0.2) is 0 Å². The fourth-order valence-corrected chi connectivity index (χ4v) is 2.64. The second-order valence-corrected chi connectivity index (χ2v) is 5.08. The van der Waals surface area contributed by atoms with Crippen molar-refractivity contribution in [2.75, 3.05) is 0 Å². The molecule has 0 amide bonds. The van der Waals surface area contributed by atoms with Crippen molar-refractivity contribution in [1.82, 2.24) is 0 Å². The zero-order valence-corrected chi connectivity index (χ0v) is 9.84. The van der Waals surface area contributed by atoms with E-state index in [2.05, 4.69) is 6.57 Å². The average molecular weight is 245 g/mol. The zero-order valence-electron chi connectivity index (χ0n) is 9.02. The maximum Gasteiger partial charge on any atom is 0.206 e. The van der Waals surface area contributed by atoms with Crippen LogP contribution in [0, 0.1) is 11.8 Å². The Morgan fingerprint density at radius 2 is 1.00 bits per heavy atom. The topological polar surface area (TPSA) is 57.9 Å². The van der Waals surface area contributed by atoms with Gasteiger partial charge in [0.1, 0.15) is 0 Å². The number of nitrogens with zero attached hydrogens (tertiary/aromatic N) is 1. The second-order valence-electron chi connectivity index (χ2n) is 3.13. The van der Waals surface area contributed by atoms with Crippen molar-refractivity contribution in [2.45, 2.75) is 9.79 Å². The summed E-state index contributed by atoms with van der Waals surface area (Å²) in [6, 6.07) is 16.9. The maximum atomic E-state index is 12.0. The molecule has 2 aromatic carbocycles. The molecule has 0 spiro atoms. The molecule has 17 heavy (non-hydrogen) atoms. The fourth-order valence-electron chi connectivity index (χ4n) is 1.34. The molecule has 0 unspecified atom stereocenters. The van der Waals surface area contributed by atoms with Crippen molar-refractivity contribution in [3.8, 4) is 6.57 Å². The SMILES string of the molecule is C#N.O=S(=O)(c1ccccc1)c1ccccc1. The van der Waals surface area contributed by atoms with E-state index in [1.807, 2.05) is 0 Å². The minimum atomic E-state index is -3.34. The van der Waals surface area contributed by atoms with Gasteiger partial charge < -0.3 is 0 Å². The van der Waals surface area contributed by atoms with Gasteiger partial charge in [-0.3, -0.25) is 0 Å². The summed E-state index contributed by atoms with van der Waals surface area (Å²) in [6.07, 6.45) is 0. The number of nitriles is 1. The van der Waals surface area contributed by atoms with Crippen LogP contribution in [0.15, 0.2) is 70.5 Å². The smallest absolute Gasteiger partial charge is 0.206 e. The monoisotopic (exact) mass is 245 g/mol. The molecule has 0 saturated heterocycles. The Morgan fingerprint density at radius 3 is 1.29 bits per heavy atom. The fraction of sp³-hybridized carbons (Fsp3) is 0. The molecule has 0 radical (unpaired) electrons. The summed E-state index contributed by atoms with van der Waals surface area (Å²) in [4.78, 5) is 0.660. The van der Waals surface area contributed by atoms with Gasteiger partial charge in [-0.15, -0.1) is 0 Å². The normalized spacial score (nSPS) is 10.0. The van der Waals surface area contributed by atoms with E-state index in [4.69, 9.17) is 5.26 Å². The molecule has 0 fully saturated rings. The van der Waals surface area contributed by atoms with Crippen LogP contribution in [0.4, 0.5) is 0 Å². The standard InChI is InChI=1S/C12H10O2S.CHN/c13-15(14,11-7-3-1-4-8-11)12-9-5-2-6-10-12;1-2/h1-10H;1H. The van der Waals surface area contributed by atoms with E-state index in [9.17, 15) is 8.42 Å². The molecule has 2 aromatic rings. The van der Waals surface area contributed by atoms with Crippen molar-refractivity contribution < 1.29 is 8.42 Å². The molecule has 2 rings (SSSR count). The second kappa shape index (κ2) is 5.83. The average Bonchev–Trinajstić information content (AvgIpc) is 2.43. The molecule has 4 heteroatoms. The van der Waals surface area contributed by atoms with Gasteiger partial charge in [0.25, 0.3) is 0 Å². The lowest BCUT2D eigenvalue weighted by atomic mass is 10.4. The Morgan fingerprint density at radius 1 is 0.706 bits per heavy atom. The summed E-state index contributed by atoms with van der Waals surface area (Å²) in [5.74, 6) is 0. The minimum Gasteiger partial charge on any atom is -0.219 e. The molecular weight excluding hydrogens is 234 g/mol. The molecule has 0 bridgehead atoms. The molecule has 0 atom stereocenters. The van der Waals surface area contributed by atoms with E-state index >= 15 is 0 Å². The maximum absolute atomic E-state index is 12.0. The Kier molecular flexibility index (Phi) is 4.44. The molecule has 3 nitrogen and oxygen atoms in total. The number of sulfone groups is 1. The molecule has 0 aromatic heterocycles. The van der Waals surface area contributed by atoms with Crippen LogP contribution in [0.1, 0.15) is 0 Å². The van der Waals surface area contributed by atoms with Gasteiger partial charge in [-0.25, -0.2) is 13.7 Å². The number of benzene rings is 2. The summed E-state index contributed by atoms with van der Waals surface area (Å²) in [6.45, 7) is 3.50. The summed E-state index contributed by atoms with van der Waals surface area (Å²) >= 11 is 0. The van der Waals surface area contributed by atoms with E-state index in [-0.39, 0.29) is 0 Å². The Balaban J connectivity index is 0.000000686. The van der Waals surface area contributed by atoms with Crippen LogP contribution in [0.25, 0.3) is 0 Å². The van der Waals surface area contributed by atoms with Crippen LogP contribution in [0.5, 0.6) is 0 Å². The number of rotatable bonds is 2. The van der Waals surface area contributed by atoms with Gasteiger partial charge >= 0.3 is 0 Å². The largest absolute Gasteiger partial charge is 0.219 e. The summed E-state index contributed by atoms with van der Waals surface area (Å²) < 4.78 is 24.1. The third kappa shape index (κ3) is 2.92. The molecule has 0 heterocycles. The van der Waals surface area contributed by atoms with Gasteiger partial charge in [-0.05, 0) is 24.3 Å². The van der Waals surface area contributed by atoms with Gasteiger partial charge in [0.05, 0.1) is 9.79 Å². The van der Waals surface area contributed by atoms with Crippen molar-refractivity contribution in [3.05, 3.63) is 60.7 Å². The van der Waals surface area contributed by atoms with Crippen LogP contribution in [-0.4, -0.2) is 8.42 Å². The van der Waals surface area contributed by atoms with Gasteiger partial charge in [-0.2, -0.15) is 0 Å². The Hall–Kier alpha value is -2.12. The highest BCUT2D eigenvalue weighted by atomic mass is 32.2. The first-order chi connectivity index (χ1) is 8.21. The predicted molar refractivity (Wildman–Crippen MR) is 65.0 cm³/mol. The Bertz CT molecular complexity index is 529. The summed E-state index contributed by atoms with van der Waals surface area (Å²) in [5.41, 5.74) is 0. The molecule has 86 valence electrons. The van der Waals surface area contributed by atoms with Crippen molar-refractivity contribution in [3.63, 3.8) is 0 Å². The first kappa shape index (κ1) is 12.9. The molecule has 0 aliphatic rings. The lowest BCUT2D eigenvalue weighted by molar-refractivity contribution is 0.596. The third-order valence-electron chi connectivity index (χ3n) is 2.11. The summed E-state index contributed by atoms with van der Waals surface area (Å²) in [5, 5.41) is 6.50. The molecule has 0 aliphatic carbocycles. The van der Waals surface area contributed by atoms with Crippen LogP contribution < -0.4 is 0 Å². The molecular formula is C13H11NO2S. The highest BCUT2D eigenvalue weighted by Gasteiger charge is 2.15. The number of hydrogen-bond acceptors (Lipinski definition) is 3. The van der Waals surface area contributed by atoms with Crippen LogP contribution >= 0.6 is 0 Å². The van der Waals surface area contributed by atoms with Crippen molar-refractivity contribution in [1.29, 1.82) is 5.26 Å². The lowest BCUT2D eigenvalue weighted by Gasteiger charge is -2.03. The van der Waals surface area contributed by atoms with E-state index in [0.29, 0.717) is 9.79 Å². The lowest BCUT2D eigenvalue weighted by Crippen LogP contribution is -2.00. The third-order valence-corrected chi connectivity index (χ3v) is 3.89. The zero-order chi connectivity index (χ0) is 12.7. The number of hydrogen-bond donors (Lipinski definition) is 0. The highest BCUT2D eigenvalue weighted by molar-refractivity contribution is 7.91. The first-order valence-electron chi connectivity index (χ1n) is 4.82. The van der Waals surface area contributed by atoms with E-state index in [1.54, 1.807) is 60.7 Å². The van der Waals surface area contributed by atoms with Gasteiger partial charge in [0.2, 0.25) is 9.84 Å². The molecule has 0 saturated carbocycles. The van der Waals surface area contributed by atoms with Crippen LogP contribution in [-0.2, 0) is 9.84 Å². The van der Waals surface area contributed by atoms with E-state index in [0.717, 1.165) is 0 Å². The van der Waals surface area contributed by atoms with E-state index < -0.39 is 9.84 Å². The molecule has 0 aliphatic heterocycles. The van der Waals surface area contributed by atoms with Crippen LogP contribution in [0.2, 0.25) is 0 Å².